The second kappa shape index (κ2) is 27.2. The van der Waals surface area contributed by atoms with E-state index >= 15 is 0 Å². The van der Waals surface area contributed by atoms with Crippen LogP contribution in [0, 0.1) is 0 Å². The Balaban J connectivity index is 1.09. The van der Waals surface area contributed by atoms with Gasteiger partial charge in [0.05, 0.1) is 45.9 Å². The highest BCUT2D eigenvalue weighted by Gasteiger charge is 2.59. The smallest absolute Gasteiger partial charge is 0.187 e. The monoisotopic (exact) mass is 1170 g/mol. The van der Waals surface area contributed by atoms with Gasteiger partial charge in [-0.25, -0.2) is 0 Å². The number of ether oxygens (including phenoxy) is 14. The van der Waals surface area contributed by atoms with Crippen LogP contribution in [0.25, 0.3) is 0 Å². The maximum atomic E-state index is 11.6. The lowest BCUT2D eigenvalue weighted by Crippen LogP contribution is -2.68. The van der Waals surface area contributed by atoms with Crippen LogP contribution < -0.4 is 0 Å². The Morgan fingerprint density at radius 2 is 0.438 bits per heavy atom. The molecule has 0 radical (unpaired) electrons. The molecule has 21 saturated heterocycles. The summed E-state index contributed by atoms with van der Waals surface area (Å²) >= 11 is 0. The molecule has 20 N–H and O–H groups in total. The molecule has 0 amide bonds. The van der Waals surface area contributed by atoms with Gasteiger partial charge in [-0.3, -0.25) is 0 Å². The van der Waals surface area contributed by atoms with E-state index in [1.54, 1.807) is 0 Å². The van der Waals surface area contributed by atoms with Crippen molar-refractivity contribution in [1.29, 1.82) is 0 Å². The van der Waals surface area contributed by atoms with Gasteiger partial charge in [0.2, 0.25) is 0 Å². The average molecular weight is 1180 g/mol. The fraction of sp³-hybridized carbons (Fsp3) is 0.977. The standard InChI is InChI=1S/C44H74N2O34/c1-46(2)45-3-10-31-17(53)24(60)38(67-10)75-32-11(4-47)69-40(26(62)19(32)55)77-34-13(6-49)71-42(28(64)21(34)57)79-36-15(8-51)73-44(30(66)23(36)59)80-37-16(9-52)72-43(29(65)22(37)58)78-35-14(7-50)70-41(27(63)20(35)56)76-33-12(5-48)68-39(74-31)25(61)18(33)54/h3,10-44,47-66H,4-9H2,1-2H3/b45-3+/t10-,11+,12-,13+,14-,15+,16-,17+,18+,19+,20+,21-,22+,23+,24+,25+,26-,27+,28-,29+,30+,31+,32+,33+,34+,35+,36+,37+,38+,39+,40+,41+,42+,43+,44+/m0/s1. The third kappa shape index (κ3) is 12.8. The molecule has 0 saturated carbocycles. The summed E-state index contributed by atoms with van der Waals surface area (Å²) < 4.78 is 80.5. The molecule has 80 heavy (non-hydrogen) atoms. The molecule has 35 atom stereocenters. The van der Waals surface area contributed by atoms with Crippen LogP contribution in [0.4, 0.5) is 0 Å². The molecule has 0 aromatic carbocycles. The maximum Gasteiger partial charge on any atom is 0.187 e. The van der Waals surface area contributed by atoms with Crippen LogP contribution >= 0.6 is 0 Å². The zero-order chi connectivity index (χ0) is 58.3. The van der Waals surface area contributed by atoms with Crippen LogP contribution in [0.2, 0.25) is 0 Å². The molecule has 0 spiro atoms. The number of hydrogen-bond acceptors (Lipinski definition) is 36. The second-order valence-corrected chi connectivity index (χ2v) is 20.5. The maximum absolute atomic E-state index is 11.6. The molecule has 21 fully saturated rings. The lowest BCUT2D eigenvalue weighted by Gasteiger charge is -2.50. The van der Waals surface area contributed by atoms with E-state index in [1.165, 1.54) is 19.1 Å². The first-order chi connectivity index (χ1) is 38.0. The van der Waals surface area contributed by atoms with Crippen LogP contribution in [-0.2, 0) is 66.3 Å². The third-order valence-electron chi connectivity index (χ3n) is 15.0. The largest absolute Gasteiger partial charge is 0.394 e. The summed E-state index contributed by atoms with van der Waals surface area (Å²) in [5.41, 5.74) is 0. The summed E-state index contributed by atoms with van der Waals surface area (Å²) in [7, 11) is 2.96. The summed E-state index contributed by atoms with van der Waals surface area (Å²) in [5.74, 6) is 0. The average Bonchev–Trinajstić information content (AvgIpc) is 3.54. The van der Waals surface area contributed by atoms with Gasteiger partial charge in [0.25, 0.3) is 0 Å². The van der Waals surface area contributed by atoms with E-state index in [4.69, 9.17) is 66.3 Å². The van der Waals surface area contributed by atoms with E-state index in [-0.39, 0.29) is 0 Å². The van der Waals surface area contributed by atoms with E-state index in [1.807, 2.05) is 0 Å². The second-order valence-electron chi connectivity index (χ2n) is 20.5. The van der Waals surface area contributed by atoms with Crippen LogP contribution in [0.15, 0.2) is 5.10 Å². The Morgan fingerprint density at radius 1 is 0.263 bits per heavy atom. The van der Waals surface area contributed by atoms with Gasteiger partial charge in [-0.05, 0) is 0 Å². The minimum absolute atomic E-state index is 1.03. The fourth-order valence-corrected chi connectivity index (χ4v) is 10.5. The molecule has 21 aliphatic heterocycles. The molecule has 14 bridgehead atoms. The van der Waals surface area contributed by atoms with Gasteiger partial charge in [0.1, 0.15) is 171 Å². The summed E-state index contributed by atoms with van der Waals surface area (Å²) in [6.45, 7) is -6.23. The Labute approximate surface area is 452 Å². The lowest BCUT2D eigenvalue weighted by atomic mass is 9.95. The van der Waals surface area contributed by atoms with Crippen molar-refractivity contribution in [3.63, 3.8) is 0 Å². The van der Waals surface area contributed by atoms with Crippen molar-refractivity contribution in [3.8, 4) is 0 Å². The third-order valence-corrected chi connectivity index (χ3v) is 15.0. The van der Waals surface area contributed by atoms with E-state index in [2.05, 4.69) is 5.10 Å². The van der Waals surface area contributed by atoms with Crippen molar-refractivity contribution in [2.24, 2.45) is 5.10 Å². The fourth-order valence-electron chi connectivity index (χ4n) is 10.5. The molecule has 36 nitrogen and oxygen atoms in total. The minimum atomic E-state index is -2.21. The van der Waals surface area contributed by atoms with E-state index in [9.17, 15) is 102 Å². The van der Waals surface area contributed by atoms with E-state index in [0.717, 1.165) is 6.21 Å². The Morgan fingerprint density at radius 3 is 0.625 bits per heavy atom. The van der Waals surface area contributed by atoms with Crippen molar-refractivity contribution < 1.29 is 168 Å². The molecular weight excluding hydrogens is 1100 g/mol. The lowest BCUT2D eigenvalue weighted by molar-refractivity contribution is -0.396. The minimum Gasteiger partial charge on any atom is -0.394 e. The first-order valence-electron chi connectivity index (χ1n) is 25.6. The van der Waals surface area contributed by atoms with Crippen molar-refractivity contribution in [2.75, 3.05) is 53.7 Å². The number of hydrazone groups is 1. The molecule has 0 unspecified atom stereocenters. The van der Waals surface area contributed by atoms with Crippen molar-refractivity contribution >= 4 is 6.21 Å². The van der Waals surface area contributed by atoms with Crippen molar-refractivity contribution in [1.82, 2.24) is 5.01 Å². The number of aliphatic hydroxyl groups is 20. The molecule has 21 rings (SSSR count). The Kier molecular flexibility index (Phi) is 21.8. The highest BCUT2D eigenvalue weighted by atomic mass is 16.8. The summed E-state index contributed by atoms with van der Waals surface area (Å²) in [6.07, 6.45) is -68.7. The SMILES string of the molecule is CN(C)/N=C/[C@@H]1O[C@@H]2O[C@H]3[C@H](O)[C@H](O)[C@@H](O[C@H]4[C@@H](O)[C@H](O)[C@@H](O[C@H]5[C@H](O)[C@@H](O)[C@@H](O[C@H]6[C@H](O)[C@@H](O)[C@@H](O[C@H]7[C@H](O)[C@@H](O)[C@@H](O[C@H]8[C@H](O)[C@@H](O)[C@@H](O[C@H]1[C@H](O)[C@H]2O)O[C@H]8CO)O[C@H]7CO)O[C@H]6CO)O[C@@H]5CO)O[C@@H]4CO)O[C@@H]3CO. The zero-order valence-electron chi connectivity index (χ0n) is 42.6. The summed E-state index contributed by atoms with van der Waals surface area (Å²) in [4.78, 5) is 0. The number of nitrogens with zero attached hydrogens (tertiary/aromatic N) is 2. The summed E-state index contributed by atoms with van der Waals surface area (Å²) in [6, 6.07) is 0. The predicted octanol–water partition coefficient (Wildman–Crippen LogP) is -14.7. The van der Waals surface area contributed by atoms with Gasteiger partial charge in [-0.1, -0.05) is 0 Å². The molecule has 0 aromatic heterocycles. The number of rotatable bonds is 8. The Hall–Kier alpha value is -1.89. The predicted molar refractivity (Wildman–Crippen MR) is 244 cm³/mol. The topological polar surface area (TPSA) is 549 Å². The molecule has 36 heteroatoms. The molecule has 0 aliphatic carbocycles. The van der Waals surface area contributed by atoms with Gasteiger partial charge >= 0.3 is 0 Å². The van der Waals surface area contributed by atoms with E-state index in [0.29, 0.717) is 0 Å². The van der Waals surface area contributed by atoms with Gasteiger partial charge in [0.15, 0.2) is 44.0 Å². The van der Waals surface area contributed by atoms with Crippen LogP contribution in [0.3, 0.4) is 0 Å². The van der Waals surface area contributed by atoms with Crippen LogP contribution in [-0.4, -0.2) is 382 Å². The van der Waals surface area contributed by atoms with E-state index < -0.39 is 255 Å². The zero-order valence-corrected chi connectivity index (χ0v) is 42.6. The first kappa shape index (κ1) is 64.1. The van der Waals surface area contributed by atoms with Gasteiger partial charge < -0.3 is 173 Å². The molecule has 21 heterocycles. The van der Waals surface area contributed by atoms with Gasteiger partial charge in [0, 0.05) is 14.1 Å². The number of aliphatic hydroxyl groups excluding tert-OH is 20. The molecule has 464 valence electrons. The van der Waals surface area contributed by atoms with Crippen molar-refractivity contribution in [2.45, 2.75) is 215 Å². The van der Waals surface area contributed by atoms with Gasteiger partial charge in [-0.2, -0.15) is 5.10 Å². The van der Waals surface area contributed by atoms with Crippen molar-refractivity contribution in [3.05, 3.63) is 0 Å². The molecular formula is C44H74N2O34. The highest BCUT2D eigenvalue weighted by molar-refractivity contribution is 5.64. The van der Waals surface area contributed by atoms with Crippen LogP contribution in [0.1, 0.15) is 0 Å². The highest BCUT2D eigenvalue weighted by Crippen LogP contribution is 2.39. The molecule has 21 aliphatic rings. The first-order valence-corrected chi connectivity index (χ1v) is 25.6. The molecule has 0 aromatic rings. The number of hydrogen-bond donors (Lipinski definition) is 20. The quantitative estimate of drug-likeness (QED) is 0.0793. The van der Waals surface area contributed by atoms with Crippen LogP contribution in [0.5, 0.6) is 0 Å². The Bertz CT molecular complexity index is 1940. The normalized spacial score (nSPS) is 53.8. The summed E-state index contributed by atoms with van der Waals surface area (Å²) in [5, 5.41) is 227. The van der Waals surface area contributed by atoms with Gasteiger partial charge in [-0.15, -0.1) is 0 Å².